The average Bonchev–Trinajstić information content (AvgIpc) is 3.00. The van der Waals surface area contributed by atoms with Crippen molar-refractivity contribution in [2.75, 3.05) is 6.54 Å². The van der Waals surface area contributed by atoms with Crippen molar-refractivity contribution in [3.05, 3.63) is 23.8 Å². The molecule has 1 fully saturated rings. The number of aryl methyl sites for hydroxylation is 1. The molecule has 0 radical (unpaired) electrons. The summed E-state index contributed by atoms with van der Waals surface area (Å²) < 4.78 is 0. The number of hydrogen-bond donors (Lipinski definition) is 1. The van der Waals surface area contributed by atoms with Crippen LogP contribution >= 0.6 is 0 Å². The molecule has 0 amide bonds. The van der Waals surface area contributed by atoms with Crippen LogP contribution in [-0.4, -0.2) is 16.5 Å². The Morgan fingerprint density at radius 2 is 2.07 bits per heavy atom. The summed E-state index contributed by atoms with van der Waals surface area (Å²) in [5, 5.41) is 0. The van der Waals surface area contributed by atoms with E-state index in [4.69, 9.17) is 5.73 Å². The van der Waals surface area contributed by atoms with Crippen LogP contribution < -0.4 is 5.73 Å². The number of hydrogen-bond acceptors (Lipinski definition) is 3. The zero-order chi connectivity index (χ0) is 9.97. The fourth-order valence-electron chi connectivity index (χ4n) is 1.74. The molecular weight excluding hydrogens is 174 g/mol. The first kappa shape index (κ1) is 9.59. The van der Waals surface area contributed by atoms with Crippen LogP contribution in [0.3, 0.4) is 0 Å². The van der Waals surface area contributed by atoms with Crippen molar-refractivity contribution in [2.45, 2.75) is 32.1 Å². The Hall–Kier alpha value is -0.960. The van der Waals surface area contributed by atoms with Gasteiger partial charge in [-0.2, -0.15) is 0 Å². The Labute approximate surface area is 84.8 Å². The van der Waals surface area contributed by atoms with Gasteiger partial charge >= 0.3 is 0 Å². The van der Waals surface area contributed by atoms with E-state index in [2.05, 4.69) is 9.97 Å². The summed E-state index contributed by atoms with van der Waals surface area (Å²) in [7, 11) is 0. The quantitative estimate of drug-likeness (QED) is 0.787. The van der Waals surface area contributed by atoms with Crippen LogP contribution in [0, 0.1) is 12.8 Å². The van der Waals surface area contributed by atoms with Gasteiger partial charge in [-0.3, -0.25) is 0 Å². The Bertz CT molecular complexity index is 290. The first-order chi connectivity index (χ1) is 6.79. The first-order valence-electron chi connectivity index (χ1n) is 5.28. The molecule has 3 heteroatoms. The fourth-order valence-corrected chi connectivity index (χ4v) is 1.74. The zero-order valence-corrected chi connectivity index (χ0v) is 8.61. The highest BCUT2D eigenvalue weighted by atomic mass is 14.8. The van der Waals surface area contributed by atoms with Gasteiger partial charge in [-0.15, -0.1) is 0 Å². The molecule has 1 aliphatic rings. The maximum Gasteiger partial charge on any atom is 0.125 e. The molecule has 0 bridgehead atoms. The molecule has 1 heterocycles. The molecule has 0 saturated heterocycles. The standard InChI is InChI=1S/C11H17N3/c1-8-13-6-11(7-14-8)10(5-12)4-9-2-3-9/h6-7,9-10H,2-5,12H2,1H3. The number of nitrogens with zero attached hydrogens (tertiary/aromatic N) is 2. The summed E-state index contributed by atoms with van der Waals surface area (Å²) in [5.74, 6) is 2.20. The van der Waals surface area contributed by atoms with Crippen molar-refractivity contribution < 1.29 is 0 Å². The van der Waals surface area contributed by atoms with Crippen molar-refractivity contribution in [2.24, 2.45) is 11.7 Å². The molecule has 1 saturated carbocycles. The van der Waals surface area contributed by atoms with E-state index < -0.39 is 0 Å². The van der Waals surface area contributed by atoms with Gasteiger partial charge in [-0.05, 0) is 37.3 Å². The van der Waals surface area contributed by atoms with Gasteiger partial charge in [0.25, 0.3) is 0 Å². The van der Waals surface area contributed by atoms with Crippen LogP contribution in [0.5, 0.6) is 0 Å². The molecule has 1 aliphatic carbocycles. The molecular formula is C11H17N3. The molecule has 76 valence electrons. The Morgan fingerprint density at radius 3 is 2.57 bits per heavy atom. The largest absolute Gasteiger partial charge is 0.330 e. The van der Waals surface area contributed by atoms with Gasteiger partial charge in [0.1, 0.15) is 5.82 Å². The summed E-state index contributed by atoms with van der Waals surface area (Å²) in [6.07, 6.45) is 7.81. The topological polar surface area (TPSA) is 51.8 Å². The molecule has 14 heavy (non-hydrogen) atoms. The lowest BCUT2D eigenvalue weighted by atomic mass is 9.96. The van der Waals surface area contributed by atoms with E-state index in [0.29, 0.717) is 12.5 Å². The van der Waals surface area contributed by atoms with Crippen LogP contribution in [0.1, 0.15) is 36.6 Å². The molecule has 1 aromatic rings. The molecule has 0 aromatic carbocycles. The summed E-state index contributed by atoms with van der Waals surface area (Å²) in [6, 6.07) is 0. The van der Waals surface area contributed by atoms with Crippen molar-refractivity contribution in [1.82, 2.24) is 9.97 Å². The molecule has 0 aliphatic heterocycles. The number of nitrogens with two attached hydrogens (primary N) is 1. The second-order valence-electron chi connectivity index (χ2n) is 4.18. The highest BCUT2D eigenvalue weighted by Crippen LogP contribution is 2.37. The minimum atomic E-state index is 0.461. The van der Waals surface area contributed by atoms with E-state index in [-0.39, 0.29) is 0 Å². The lowest BCUT2D eigenvalue weighted by molar-refractivity contribution is 0.581. The third kappa shape index (κ3) is 2.29. The van der Waals surface area contributed by atoms with Gasteiger partial charge in [0.2, 0.25) is 0 Å². The van der Waals surface area contributed by atoms with E-state index in [1.165, 1.54) is 24.8 Å². The van der Waals surface area contributed by atoms with E-state index >= 15 is 0 Å². The van der Waals surface area contributed by atoms with Crippen LogP contribution in [0.2, 0.25) is 0 Å². The molecule has 2 rings (SSSR count). The fraction of sp³-hybridized carbons (Fsp3) is 0.636. The van der Waals surface area contributed by atoms with E-state index in [1.54, 1.807) is 0 Å². The molecule has 1 unspecified atom stereocenters. The normalized spacial score (nSPS) is 18.1. The summed E-state index contributed by atoms with van der Waals surface area (Å²) in [5.41, 5.74) is 6.96. The van der Waals surface area contributed by atoms with Crippen LogP contribution in [0.4, 0.5) is 0 Å². The second-order valence-corrected chi connectivity index (χ2v) is 4.18. The number of rotatable bonds is 4. The zero-order valence-electron chi connectivity index (χ0n) is 8.61. The summed E-state index contributed by atoms with van der Waals surface area (Å²) >= 11 is 0. The monoisotopic (exact) mass is 191 g/mol. The summed E-state index contributed by atoms with van der Waals surface area (Å²) in [6.45, 7) is 2.62. The van der Waals surface area contributed by atoms with E-state index in [1.807, 2.05) is 19.3 Å². The highest BCUT2D eigenvalue weighted by Gasteiger charge is 2.25. The van der Waals surface area contributed by atoms with Crippen molar-refractivity contribution in [1.29, 1.82) is 0 Å². The third-order valence-electron chi connectivity index (χ3n) is 2.87. The van der Waals surface area contributed by atoms with Gasteiger partial charge in [-0.1, -0.05) is 12.8 Å². The molecule has 2 N–H and O–H groups in total. The van der Waals surface area contributed by atoms with E-state index in [0.717, 1.165) is 11.7 Å². The summed E-state index contributed by atoms with van der Waals surface area (Å²) in [4.78, 5) is 8.42. The van der Waals surface area contributed by atoms with Crippen LogP contribution in [-0.2, 0) is 0 Å². The first-order valence-corrected chi connectivity index (χ1v) is 5.28. The smallest absolute Gasteiger partial charge is 0.125 e. The van der Waals surface area contributed by atoms with Crippen molar-refractivity contribution in [3.63, 3.8) is 0 Å². The Kier molecular flexibility index (Phi) is 2.77. The number of aromatic nitrogens is 2. The van der Waals surface area contributed by atoms with Gasteiger partial charge < -0.3 is 5.73 Å². The lowest BCUT2D eigenvalue weighted by Gasteiger charge is -2.13. The SMILES string of the molecule is Cc1ncc(C(CN)CC2CC2)cn1. The van der Waals surface area contributed by atoms with Gasteiger partial charge in [-0.25, -0.2) is 9.97 Å². The van der Waals surface area contributed by atoms with E-state index in [9.17, 15) is 0 Å². The van der Waals surface area contributed by atoms with Crippen LogP contribution in [0.25, 0.3) is 0 Å². The molecule has 1 aromatic heterocycles. The predicted octanol–water partition coefficient (Wildman–Crippen LogP) is 1.63. The molecule has 3 nitrogen and oxygen atoms in total. The van der Waals surface area contributed by atoms with Gasteiger partial charge in [0, 0.05) is 12.4 Å². The Morgan fingerprint density at radius 1 is 1.43 bits per heavy atom. The molecule has 0 spiro atoms. The van der Waals surface area contributed by atoms with Gasteiger partial charge in [0.15, 0.2) is 0 Å². The van der Waals surface area contributed by atoms with Gasteiger partial charge in [0.05, 0.1) is 0 Å². The average molecular weight is 191 g/mol. The minimum absolute atomic E-state index is 0.461. The molecule has 1 atom stereocenters. The third-order valence-corrected chi connectivity index (χ3v) is 2.87. The Balaban J connectivity index is 2.05. The van der Waals surface area contributed by atoms with Crippen LogP contribution in [0.15, 0.2) is 12.4 Å². The van der Waals surface area contributed by atoms with Crippen molar-refractivity contribution in [3.8, 4) is 0 Å². The minimum Gasteiger partial charge on any atom is -0.330 e. The maximum absolute atomic E-state index is 5.76. The highest BCUT2D eigenvalue weighted by molar-refractivity contribution is 5.12. The van der Waals surface area contributed by atoms with Crippen molar-refractivity contribution >= 4 is 0 Å². The predicted molar refractivity (Wildman–Crippen MR) is 55.9 cm³/mol. The lowest BCUT2D eigenvalue weighted by Crippen LogP contribution is -2.14. The second kappa shape index (κ2) is 4.05. The maximum atomic E-state index is 5.76.